The van der Waals surface area contributed by atoms with Crippen molar-refractivity contribution in [1.82, 2.24) is 4.90 Å². The number of carbonyl (C=O) groups excluding carboxylic acids is 1. The van der Waals surface area contributed by atoms with Gasteiger partial charge in [-0.25, -0.2) is 4.79 Å². The Bertz CT molecular complexity index is 512. The van der Waals surface area contributed by atoms with Gasteiger partial charge >= 0.3 is 5.97 Å². The van der Waals surface area contributed by atoms with E-state index in [9.17, 15) is 9.59 Å². The molecule has 1 saturated heterocycles. The third kappa shape index (κ3) is 4.31. The van der Waals surface area contributed by atoms with Crippen molar-refractivity contribution in [3.05, 3.63) is 35.4 Å². The molecule has 5 nitrogen and oxygen atoms in total. The Morgan fingerprint density at radius 2 is 2.05 bits per heavy atom. The number of aromatic carboxylic acids is 1. The van der Waals surface area contributed by atoms with Gasteiger partial charge in [-0.05, 0) is 37.5 Å². The minimum atomic E-state index is -0.914. The van der Waals surface area contributed by atoms with E-state index >= 15 is 0 Å². The van der Waals surface area contributed by atoms with Crippen molar-refractivity contribution in [1.29, 1.82) is 0 Å². The fourth-order valence-electron chi connectivity index (χ4n) is 2.84. The topological polar surface area (TPSA) is 66.8 Å². The average molecular weight is 305 g/mol. The van der Waals surface area contributed by atoms with Crippen molar-refractivity contribution < 1.29 is 19.4 Å². The van der Waals surface area contributed by atoms with Gasteiger partial charge < -0.3 is 14.7 Å². The molecular formula is C17H23NO4. The minimum Gasteiger partial charge on any atom is -0.478 e. The van der Waals surface area contributed by atoms with Crippen LogP contribution in [0.25, 0.3) is 0 Å². The molecule has 0 aromatic heterocycles. The zero-order valence-corrected chi connectivity index (χ0v) is 13.0. The monoisotopic (exact) mass is 305 g/mol. The van der Waals surface area contributed by atoms with E-state index in [0.29, 0.717) is 31.7 Å². The predicted octanol–water partition coefficient (Wildman–Crippen LogP) is 2.52. The van der Waals surface area contributed by atoms with Gasteiger partial charge in [-0.3, -0.25) is 4.79 Å². The molecule has 1 amide bonds. The van der Waals surface area contributed by atoms with E-state index in [1.54, 1.807) is 12.1 Å². The predicted molar refractivity (Wildman–Crippen MR) is 83.1 cm³/mol. The number of hydrogen-bond acceptors (Lipinski definition) is 3. The maximum Gasteiger partial charge on any atom is 0.335 e. The SMILES string of the molecule is CCOCCC(=O)N1CCCC(c2ccc(C(=O)O)cc2)C1. The van der Waals surface area contributed by atoms with Crippen LogP contribution in [0.4, 0.5) is 0 Å². The third-order valence-corrected chi connectivity index (χ3v) is 4.07. The fraction of sp³-hybridized carbons (Fsp3) is 0.529. The number of rotatable bonds is 6. The van der Waals surface area contributed by atoms with E-state index in [4.69, 9.17) is 9.84 Å². The molecule has 2 rings (SSSR count). The van der Waals surface area contributed by atoms with Gasteiger partial charge in [0, 0.05) is 25.6 Å². The van der Waals surface area contributed by atoms with E-state index in [-0.39, 0.29) is 11.8 Å². The number of hydrogen-bond donors (Lipinski definition) is 1. The van der Waals surface area contributed by atoms with Crippen LogP contribution >= 0.6 is 0 Å². The number of likely N-dealkylation sites (tertiary alicyclic amines) is 1. The summed E-state index contributed by atoms with van der Waals surface area (Å²) in [5, 5.41) is 8.94. The van der Waals surface area contributed by atoms with Crippen LogP contribution in [0.15, 0.2) is 24.3 Å². The summed E-state index contributed by atoms with van der Waals surface area (Å²) in [5.74, 6) is -0.490. The van der Waals surface area contributed by atoms with Crippen molar-refractivity contribution >= 4 is 11.9 Å². The second-order valence-corrected chi connectivity index (χ2v) is 5.55. The summed E-state index contributed by atoms with van der Waals surface area (Å²) >= 11 is 0. The molecule has 0 aliphatic carbocycles. The van der Waals surface area contributed by atoms with Gasteiger partial charge in [0.05, 0.1) is 18.6 Å². The van der Waals surface area contributed by atoms with Gasteiger partial charge in [0.25, 0.3) is 0 Å². The zero-order chi connectivity index (χ0) is 15.9. The second kappa shape index (κ2) is 7.94. The van der Waals surface area contributed by atoms with Gasteiger partial charge in [-0.1, -0.05) is 12.1 Å². The molecule has 0 spiro atoms. The van der Waals surface area contributed by atoms with Gasteiger partial charge in [0.2, 0.25) is 5.91 Å². The van der Waals surface area contributed by atoms with E-state index < -0.39 is 5.97 Å². The summed E-state index contributed by atoms with van der Waals surface area (Å²) in [5.41, 5.74) is 1.40. The molecule has 1 fully saturated rings. The molecule has 0 saturated carbocycles. The molecule has 0 radical (unpaired) electrons. The highest BCUT2D eigenvalue weighted by molar-refractivity contribution is 5.87. The van der Waals surface area contributed by atoms with Crippen LogP contribution in [0.2, 0.25) is 0 Å². The number of ether oxygens (including phenoxy) is 1. The zero-order valence-electron chi connectivity index (χ0n) is 13.0. The van der Waals surface area contributed by atoms with E-state index in [2.05, 4.69) is 0 Å². The van der Waals surface area contributed by atoms with Gasteiger partial charge in [0.15, 0.2) is 0 Å². The third-order valence-electron chi connectivity index (χ3n) is 4.07. The van der Waals surface area contributed by atoms with E-state index in [1.165, 1.54) is 0 Å². The summed E-state index contributed by atoms with van der Waals surface area (Å²) in [6.45, 7) is 4.53. The number of carbonyl (C=O) groups is 2. The molecule has 1 aliphatic heterocycles. The molecule has 0 bridgehead atoms. The first kappa shape index (κ1) is 16.5. The molecule has 1 aromatic rings. The van der Waals surface area contributed by atoms with Crippen molar-refractivity contribution in [3.63, 3.8) is 0 Å². The second-order valence-electron chi connectivity index (χ2n) is 5.55. The molecule has 22 heavy (non-hydrogen) atoms. The summed E-state index contributed by atoms with van der Waals surface area (Å²) in [6, 6.07) is 6.99. The van der Waals surface area contributed by atoms with Crippen LogP contribution in [0.1, 0.15) is 48.0 Å². The maximum atomic E-state index is 12.2. The van der Waals surface area contributed by atoms with Crippen molar-refractivity contribution in [2.24, 2.45) is 0 Å². The van der Waals surface area contributed by atoms with Crippen molar-refractivity contribution in [2.45, 2.75) is 32.1 Å². The van der Waals surface area contributed by atoms with Crippen LogP contribution < -0.4 is 0 Å². The first-order valence-corrected chi connectivity index (χ1v) is 7.80. The molecule has 1 unspecified atom stereocenters. The van der Waals surface area contributed by atoms with Crippen LogP contribution in [0, 0.1) is 0 Å². The maximum absolute atomic E-state index is 12.2. The molecular weight excluding hydrogens is 282 g/mol. The van der Waals surface area contributed by atoms with Crippen LogP contribution in [0.5, 0.6) is 0 Å². The molecule has 5 heteroatoms. The number of carboxylic acids is 1. The Morgan fingerprint density at radius 3 is 2.68 bits per heavy atom. The quantitative estimate of drug-likeness (QED) is 0.820. The smallest absolute Gasteiger partial charge is 0.335 e. The number of benzene rings is 1. The molecule has 1 atom stereocenters. The number of carboxylic acid groups (broad SMARTS) is 1. The van der Waals surface area contributed by atoms with Crippen LogP contribution in [-0.4, -0.2) is 48.2 Å². The summed E-state index contributed by atoms with van der Waals surface area (Å²) in [7, 11) is 0. The Kier molecular flexibility index (Phi) is 5.95. The van der Waals surface area contributed by atoms with E-state index in [1.807, 2.05) is 24.0 Å². The molecule has 1 aliphatic rings. The summed E-state index contributed by atoms with van der Waals surface area (Å²) < 4.78 is 5.24. The van der Waals surface area contributed by atoms with Crippen LogP contribution in [-0.2, 0) is 9.53 Å². The normalized spacial score (nSPS) is 18.2. The van der Waals surface area contributed by atoms with Crippen molar-refractivity contribution in [2.75, 3.05) is 26.3 Å². The van der Waals surface area contributed by atoms with Crippen LogP contribution in [0.3, 0.4) is 0 Å². The Labute approximate surface area is 130 Å². The van der Waals surface area contributed by atoms with Crippen molar-refractivity contribution in [3.8, 4) is 0 Å². The number of piperidine rings is 1. The Hall–Kier alpha value is -1.88. The molecule has 1 aromatic carbocycles. The first-order valence-electron chi connectivity index (χ1n) is 7.80. The Balaban J connectivity index is 1.95. The van der Waals surface area contributed by atoms with Gasteiger partial charge in [0.1, 0.15) is 0 Å². The molecule has 1 heterocycles. The summed E-state index contributed by atoms with van der Waals surface area (Å²) in [4.78, 5) is 25.0. The standard InChI is InChI=1S/C17H23NO4/c1-2-22-11-9-16(19)18-10-3-4-15(12-18)13-5-7-14(8-6-13)17(20)21/h5-8,15H,2-4,9-12H2,1H3,(H,20,21). The number of nitrogens with zero attached hydrogens (tertiary/aromatic N) is 1. The highest BCUT2D eigenvalue weighted by Gasteiger charge is 2.24. The lowest BCUT2D eigenvalue weighted by Gasteiger charge is -2.33. The molecule has 1 N–H and O–H groups in total. The minimum absolute atomic E-state index is 0.139. The highest BCUT2D eigenvalue weighted by Crippen LogP contribution is 2.27. The fourth-order valence-corrected chi connectivity index (χ4v) is 2.84. The average Bonchev–Trinajstić information content (AvgIpc) is 2.55. The van der Waals surface area contributed by atoms with Gasteiger partial charge in [-0.15, -0.1) is 0 Å². The Morgan fingerprint density at radius 1 is 1.32 bits per heavy atom. The number of amides is 1. The van der Waals surface area contributed by atoms with E-state index in [0.717, 1.165) is 24.9 Å². The van der Waals surface area contributed by atoms with Gasteiger partial charge in [-0.2, -0.15) is 0 Å². The largest absolute Gasteiger partial charge is 0.478 e. The lowest BCUT2D eigenvalue weighted by Crippen LogP contribution is -2.39. The lowest BCUT2D eigenvalue weighted by molar-refractivity contribution is -0.133. The molecule has 120 valence electrons. The summed E-state index contributed by atoms with van der Waals surface area (Å²) in [6.07, 6.45) is 2.44. The first-order chi connectivity index (χ1) is 10.6. The highest BCUT2D eigenvalue weighted by atomic mass is 16.5. The lowest BCUT2D eigenvalue weighted by atomic mass is 9.90.